The van der Waals surface area contributed by atoms with Gasteiger partial charge in [0.15, 0.2) is 0 Å². The molecule has 1 amide bonds. The van der Waals surface area contributed by atoms with E-state index in [2.05, 4.69) is 29.1 Å². The minimum absolute atomic E-state index is 0.0278. The van der Waals surface area contributed by atoms with Crippen LogP contribution in [0, 0.1) is 0 Å². The molecule has 2 aromatic heterocycles. The van der Waals surface area contributed by atoms with E-state index in [0.29, 0.717) is 18.9 Å². The van der Waals surface area contributed by atoms with Crippen LogP contribution in [0.5, 0.6) is 0 Å². The minimum Gasteiger partial charge on any atom is -0.349 e. The number of nitrogens with zero attached hydrogens (tertiary/aromatic N) is 2. The Morgan fingerprint density at radius 2 is 2.26 bits per heavy atom. The first-order valence-electron chi connectivity index (χ1n) is 6.26. The Labute approximate surface area is 116 Å². The standard InChI is InChI=1S/C14H17N3OS/c1-10(2)12-9-19-14(17-12)8-16-13(18)7-11-5-3-4-6-15-11/h3-6,9-10H,7-8H2,1-2H3,(H,16,18). The third-order valence-electron chi connectivity index (χ3n) is 2.67. The van der Waals surface area contributed by atoms with Gasteiger partial charge in [0.05, 0.1) is 18.7 Å². The molecule has 0 bridgehead atoms. The number of rotatable bonds is 5. The van der Waals surface area contributed by atoms with Crippen molar-refractivity contribution in [2.75, 3.05) is 0 Å². The molecule has 0 aromatic carbocycles. The topological polar surface area (TPSA) is 54.9 Å². The highest BCUT2D eigenvalue weighted by molar-refractivity contribution is 7.09. The second kappa shape index (κ2) is 6.43. The lowest BCUT2D eigenvalue weighted by atomic mass is 10.2. The summed E-state index contributed by atoms with van der Waals surface area (Å²) < 4.78 is 0. The van der Waals surface area contributed by atoms with Crippen LogP contribution in [0.2, 0.25) is 0 Å². The SMILES string of the molecule is CC(C)c1csc(CNC(=O)Cc2ccccn2)n1. The summed E-state index contributed by atoms with van der Waals surface area (Å²) in [5.41, 5.74) is 1.86. The molecule has 0 radical (unpaired) electrons. The molecule has 1 N–H and O–H groups in total. The van der Waals surface area contributed by atoms with Crippen LogP contribution in [0.15, 0.2) is 29.8 Å². The lowest BCUT2D eigenvalue weighted by Gasteiger charge is -2.02. The van der Waals surface area contributed by atoms with E-state index in [9.17, 15) is 4.79 Å². The molecule has 4 nitrogen and oxygen atoms in total. The van der Waals surface area contributed by atoms with Gasteiger partial charge < -0.3 is 5.32 Å². The van der Waals surface area contributed by atoms with Gasteiger partial charge in [0.1, 0.15) is 5.01 Å². The van der Waals surface area contributed by atoms with Gasteiger partial charge in [-0.1, -0.05) is 19.9 Å². The van der Waals surface area contributed by atoms with Gasteiger partial charge in [-0.05, 0) is 18.1 Å². The van der Waals surface area contributed by atoms with Crippen LogP contribution in [0.4, 0.5) is 0 Å². The molecule has 2 heterocycles. The highest BCUT2D eigenvalue weighted by atomic mass is 32.1. The summed E-state index contributed by atoms with van der Waals surface area (Å²) in [5, 5.41) is 5.86. The summed E-state index contributed by atoms with van der Waals surface area (Å²) in [6, 6.07) is 5.57. The van der Waals surface area contributed by atoms with Gasteiger partial charge in [0.25, 0.3) is 0 Å². The van der Waals surface area contributed by atoms with Crippen molar-refractivity contribution in [2.24, 2.45) is 0 Å². The number of amides is 1. The molecule has 0 aliphatic heterocycles. The third-order valence-corrected chi connectivity index (χ3v) is 3.53. The summed E-state index contributed by atoms with van der Waals surface area (Å²) >= 11 is 1.58. The Morgan fingerprint density at radius 1 is 1.42 bits per heavy atom. The maximum Gasteiger partial charge on any atom is 0.226 e. The maximum absolute atomic E-state index is 11.8. The number of carbonyl (C=O) groups excluding carboxylic acids is 1. The fourth-order valence-corrected chi connectivity index (χ4v) is 2.47. The Kier molecular flexibility index (Phi) is 4.63. The molecule has 0 saturated carbocycles. The normalized spacial score (nSPS) is 10.7. The molecule has 0 fully saturated rings. The monoisotopic (exact) mass is 275 g/mol. The van der Waals surface area contributed by atoms with E-state index >= 15 is 0 Å². The first-order chi connectivity index (χ1) is 9.15. The molecule has 2 aromatic rings. The molecular formula is C14H17N3OS. The van der Waals surface area contributed by atoms with E-state index in [1.165, 1.54) is 0 Å². The molecule has 0 unspecified atom stereocenters. The second-order valence-corrected chi connectivity index (χ2v) is 5.54. The smallest absolute Gasteiger partial charge is 0.226 e. The summed E-state index contributed by atoms with van der Waals surface area (Å²) in [4.78, 5) is 20.4. The lowest BCUT2D eigenvalue weighted by Crippen LogP contribution is -2.24. The Bertz CT molecular complexity index is 537. The van der Waals surface area contributed by atoms with Crippen molar-refractivity contribution in [3.63, 3.8) is 0 Å². The molecule has 0 spiro atoms. The molecule has 5 heteroatoms. The molecule has 0 atom stereocenters. The Balaban J connectivity index is 1.83. The maximum atomic E-state index is 11.8. The quantitative estimate of drug-likeness (QED) is 0.912. The number of hydrogen-bond acceptors (Lipinski definition) is 4. The van der Waals surface area contributed by atoms with Crippen molar-refractivity contribution in [2.45, 2.75) is 32.7 Å². The summed E-state index contributed by atoms with van der Waals surface area (Å²) in [7, 11) is 0. The number of hydrogen-bond donors (Lipinski definition) is 1. The van der Waals surface area contributed by atoms with E-state index in [1.54, 1.807) is 17.5 Å². The van der Waals surface area contributed by atoms with Crippen molar-refractivity contribution in [1.29, 1.82) is 0 Å². The lowest BCUT2D eigenvalue weighted by molar-refractivity contribution is -0.120. The molecule has 0 aliphatic rings. The molecule has 0 aliphatic carbocycles. The predicted octanol–water partition coefficient (Wildman–Crippen LogP) is 2.52. The van der Waals surface area contributed by atoms with Crippen molar-refractivity contribution < 1.29 is 4.79 Å². The Morgan fingerprint density at radius 3 is 2.89 bits per heavy atom. The third kappa shape index (κ3) is 4.13. The van der Waals surface area contributed by atoms with Gasteiger partial charge >= 0.3 is 0 Å². The van der Waals surface area contributed by atoms with Crippen LogP contribution in [0.1, 0.15) is 36.2 Å². The van der Waals surface area contributed by atoms with Crippen molar-refractivity contribution in [3.05, 3.63) is 46.2 Å². The van der Waals surface area contributed by atoms with Crippen molar-refractivity contribution in [3.8, 4) is 0 Å². The first kappa shape index (κ1) is 13.7. The van der Waals surface area contributed by atoms with Gasteiger partial charge in [-0.25, -0.2) is 4.98 Å². The van der Waals surface area contributed by atoms with Crippen molar-refractivity contribution >= 4 is 17.2 Å². The average molecular weight is 275 g/mol. The first-order valence-corrected chi connectivity index (χ1v) is 7.14. The van der Waals surface area contributed by atoms with Crippen LogP contribution < -0.4 is 5.32 Å². The van der Waals surface area contributed by atoms with Crippen LogP contribution in [0.25, 0.3) is 0 Å². The summed E-state index contributed by atoms with van der Waals surface area (Å²) in [6.07, 6.45) is 2.00. The highest BCUT2D eigenvalue weighted by Crippen LogP contribution is 2.17. The van der Waals surface area contributed by atoms with Crippen LogP contribution in [-0.2, 0) is 17.8 Å². The van der Waals surface area contributed by atoms with E-state index in [-0.39, 0.29) is 5.91 Å². The number of carbonyl (C=O) groups is 1. The zero-order chi connectivity index (χ0) is 13.7. The summed E-state index contributed by atoms with van der Waals surface area (Å²) in [6.45, 7) is 4.71. The molecular weight excluding hydrogens is 258 g/mol. The van der Waals surface area contributed by atoms with E-state index in [4.69, 9.17) is 0 Å². The fourth-order valence-electron chi connectivity index (χ4n) is 1.58. The van der Waals surface area contributed by atoms with E-state index in [1.807, 2.05) is 23.6 Å². The molecule has 0 saturated heterocycles. The average Bonchev–Trinajstić information content (AvgIpc) is 2.86. The Hall–Kier alpha value is -1.75. The number of pyridine rings is 1. The number of aromatic nitrogens is 2. The predicted molar refractivity (Wildman–Crippen MR) is 76.0 cm³/mol. The van der Waals surface area contributed by atoms with Crippen molar-refractivity contribution in [1.82, 2.24) is 15.3 Å². The molecule has 19 heavy (non-hydrogen) atoms. The molecule has 100 valence electrons. The zero-order valence-corrected chi connectivity index (χ0v) is 11.9. The second-order valence-electron chi connectivity index (χ2n) is 4.60. The van der Waals surface area contributed by atoms with Gasteiger partial charge in [-0.15, -0.1) is 11.3 Å². The highest BCUT2D eigenvalue weighted by Gasteiger charge is 2.08. The van der Waals surface area contributed by atoms with Gasteiger partial charge in [-0.3, -0.25) is 9.78 Å². The van der Waals surface area contributed by atoms with E-state index < -0.39 is 0 Å². The van der Waals surface area contributed by atoms with Gasteiger partial charge in [-0.2, -0.15) is 0 Å². The molecule has 2 rings (SSSR count). The van der Waals surface area contributed by atoms with Crippen LogP contribution >= 0.6 is 11.3 Å². The summed E-state index contributed by atoms with van der Waals surface area (Å²) in [5.74, 6) is 0.397. The van der Waals surface area contributed by atoms with Gasteiger partial charge in [0, 0.05) is 17.3 Å². The van der Waals surface area contributed by atoms with E-state index in [0.717, 1.165) is 16.4 Å². The van der Waals surface area contributed by atoms with Gasteiger partial charge in [0.2, 0.25) is 5.91 Å². The van der Waals surface area contributed by atoms with Crippen LogP contribution in [-0.4, -0.2) is 15.9 Å². The fraction of sp³-hybridized carbons (Fsp3) is 0.357. The minimum atomic E-state index is -0.0278. The largest absolute Gasteiger partial charge is 0.349 e. The zero-order valence-electron chi connectivity index (χ0n) is 11.1. The number of thiazole rings is 1. The van der Waals surface area contributed by atoms with Crippen LogP contribution in [0.3, 0.4) is 0 Å². The number of nitrogens with one attached hydrogen (secondary N) is 1.